The Bertz CT molecular complexity index is 553. The Balaban J connectivity index is 2.07. The number of hydrogen-bond acceptors (Lipinski definition) is 2. The van der Waals surface area contributed by atoms with E-state index in [1.54, 1.807) is 6.07 Å². The maximum absolute atomic E-state index is 12.5. The third-order valence-corrected chi connectivity index (χ3v) is 2.83. The molecule has 2 aromatic rings. The average Bonchev–Trinajstić information content (AvgIpc) is 2.66. The van der Waals surface area contributed by atoms with Crippen molar-refractivity contribution in [3.05, 3.63) is 47.0 Å². The van der Waals surface area contributed by atoms with Crippen LogP contribution >= 0.6 is 0 Å². The zero-order chi connectivity index (χ0) is 14.0. The lowest BCUT2D eigenvalue weighted by atomic mass is 10.2. The van der Waals surface area contributed by atoms with Gasteiger partial charge in [-0.2, -0.15) is 13.2 Å². The van der Waals surface area contributed by atoms with Gasteiger partial charge < -0.3 is 10.3 Å². The molecule has 0 bridgehead atoms. The number of aryl methyl sites for hydroxylation is 2. The second kappa shape index (κ2) is 4.95. The molecule has 0 aliphatic heterocycles. The SMILES string of the molecule is Cc1nc(CNc2cccc(C(F)(F)F)c2)[nH]c1C. The van der Waals surface area contributed by atoms with Crippen LogP contribution in [-0.4, -0.2) is 9.97 Å². The molecule has 1 aromatic carbocycles. The highest BCUT2D eigenvalue weighted by Crippen LogP contribution is 2.30. The maximum Gasteiger partial charge on any atom is 0.416 e. The van der Waals surface area contributed by atoms with Crippen LogP contribution in [0.4, 0.5) is 18.9 Å². The van der Waals surface area contributed by atoms with Crippen LogP contribution in [0.25, 0.3) is 0 Å². The highest BCUT2D eigenvalue weighted by Gasteiger charge is 2.30. The van der Waals surface area contributed by atoms with Gasteiger partial charge in [0.15, 0.2) is 0 Å². The van der Waals surface area contributed by atoms with E-state index in [1.165, 1.54) is 6.07 Å². The van der Waals surface area contributed by atoms with E-state index in [0.29, 0.717) is 18.1 Å². The Morgan fingerprint density at radius 3 is 2.58 bits per heavy atom. The van der Waals surface area contributed by atoms with Gasteiger partial charge in [0.05, 0.1) is 17.8 Å². The van der Waals surface area contributed by atoms with Crippen LogP contribution in [0, 0.1) is 13.8 Å². The smallest absolute Gasteiger partial charge is 0.378 e. The lowest BCUT2D eigenvalue weighted by Crippen LogP contribution is -2.06. The molecule has 0 atom stereocenters. The Morgan fingerprint density at radius 2 is 2.00 bits per heavy atom. The number of imidazole rings is 1. The molecule has 3 nitrogen and oxygen atoms in total. The lowest BCUT2D eigenvalue weighted by Gasteiger charge is -2.09. The van der Waals surface area contributed by atoms with Crippen LogP contribution in [0.5, 0.6) is 0 Å². The minimum Gasteiger partial charge on any atom is -0.378 e. The molecule has 0 fully saturated rings. The molecule has 19 heavy (non-hydrogen) atoms. The van der Waals surface area contributed by atoms with E-state index in [9.17, 15) is 13.2 Å². The fourth-order valence-corrected chi connectivity index (χ4v) is 1.70. The van der Waals surface area contributed by atoms with Crippen molar-refractivity contribution < 1.29 is 13.2 Å². The van der Waals surface area contributed by atoms with E-state index < -0.39 is 11.7 Å². The molecule has 0 radical (unpaired) electrons. The minimum absolute atomic E-state index is 0.357. The highest BCUT2D eigenvalue weighted by molar-refractivity contribution is 5.46. The van der Waals surface area contributed by atoms with E-state index in [4.69, 9.17) is 0 Å². The molecule has 2 rings (SSSR count). The molecule has 1 heterocycles. The summed E-state index contributed by atoms with van der Waals surface area (Å²) in [7, 11) is 0. The van der Waals surface area contributed by atoms with Crippen molar-refractivity contribution in [3.63, 3.8) is 0 Å². The summed E-state index contributed by atoms with van der Waals surface area (Å²) >= 11 is 0. The largest absolute Gasteiger partial charge is 0.416 e. The fourth-order valence-electron chi connectivity index (χ4n) is 1.70. The third kappa shape index (κ3) is 3.27. The van der Waals surface area contributed by atoms with E-state index in [-0.39, 0.29) is 0 Å². The number of alkyl halides is 3. The van der Waals surface area contributed by atoms with Crippen LogP contribution in [0.2, 0.25) is 0 Å². The van der Waals surface area contributed by atoms with Gasteiger partial charge in [-0.15, -0.1) is 0 Å². The molecule has 0 spiro atoms. The van der Waals surface area contributed by atoms with Crippen molar-refractivity contribution in [1.82, 2.24) is 9.97 Å². The first-order chi connectivity index (χ1) is 8.86. The van der Waals surface area contributed by atoms with E-state index in [0.717, 1.165) is 23.5 Å². The van der Waals surface area contributed by atoms with E-state index >= 15 is 0 Å². The molecule has 0 amide bonds. The standard InChI is InChI=1S/C13H14F3N3/c1-8-9(2)19-12(18-8)7-17-11-5-3-4-10(6-11)13(14,15)16/h3-6,17H,7H2,1-2H3,(H,18,19). The quantitative estimate of drug-likeness (QED) is 0.892. The average molecular weight is 269 g/mol. The molecule has 1 aromatic heterocycles. The molecule has 2 N–H and O–H groups in total. The van der Waals surface area contributed by atoms with Gasteiger partial charge in [0.1, 0.15) is 5.82 Å². The number of nitrogens with zero attached hydrogens (tertiary/aromatic N) is 1. The van der Waals surface area contributed by atoms with Gasteiger partial charge in [0, 0.05) is 11.4 Å². The molecule has 0 unspecified atom stereocenters. The van der Waals surface area contributed by atoms with Crippen LogP contribution in [0.3, 0.4) is 0 Å². The summed E-state index contributed by atoms with van der Waals surface area (Å²) < 4.78 is 37.6. The molecule has 0 aliphatic rings. The number of halogens is 3. The summed E-state index contributed by atoms with van der Waals surface area (Å²) in [6.07, 6.45) is -4.32. The first kappa shape index (κ1) is 13.5. The number of rotatable bonds is 3. The lowest BCUT2D eigenvalue weighted by molar-refractivity contribution is -0.137. The van der Waals surface area contributed by atoms with Gasteiger partial charge >= 0.3 is 6.18 Å². The predicted octanol–water partition coefficient (Wildman–Crippen LogP) is 3.66. The van der Waals surface area contributed by atoms with Gasteiger partial charge in [0.2, 0.25) is 0 Å². The zero-order valence-corrected chi connectivity index (χ0v) is 10.6. The molecule has 0 aliphatic carbocycles. The summed E-state index contributed by atoms with van der Waals surface area (Å²) in [6.45, 7) is 4.13. The van der Waals surface area contributed by atoms with Gasteiger partial charge in [-0.1, -0.05) is 6.07 Å². The van der Waals surface area contributed by atoms with E-state index in [1.807, 2.05) is 13.8 Å². The van der Waals surface area contributed by atoms with Crippen molar-refractivity contribution in [2.45, 2.75) is 26.6 Å². The predicted molar refractivity (Wildman–Crippen MR) is 66.8 cm³/mol. The van der Waals surface area contributed by atoms with Crippen molar-refractivity contribution in [2.24, 2.45) is 0 Å². The number of anilines is 1. The Morgan fingerprint density at radius 1 is 1.26 bits per heavy atom. The number of nitrogens with one attached hydrogen (secondary N) is 2. The highest BCUT2D eigenvalue weighted by atomic mass is 19.4. The molecular weight excluding hydrogens is 255 g/mol. The minimum atomic E-state index is -4.32. The second-order valence-corrected chi connectivity index (χ2v) is 4.33. The van der Waals surface area contributed by atoms with E-state index in [2.05, 4.69) is 15.3 Å². The topological polar surface area (TPSA) is 40.7 Å². The van der Waals surface area contributed by atoms with Gasteiger partial charge in [-0.05, 0) is 32.0 Å². The number of H-pyrrole nitrogens is 1. The number of aromatic amines is 1. The van der Waals surface area contributed by atoms with Crippen molar-refractivity contribution in [3.8, 4) is 0 Å². The molecule has 0 saturated heterocycles. The van der Waals surface area contributed by atoms with Crippen molar-refractivity contribution in [1.29, 1.82) is 0 Å². The molecule has 0 saturated carbocycles. The Labute approximate surface area is 108 Å². The summed E-state index contributed by atoms with van der Waals surface area (Å²) in [5.74, 6) is 0.701. The van der Waals surface area contributed by atoms with Crippen LogP contribution in [-0.2, 0) is 12.7 Å². The van der Waals surface area contributed by atoms with Gasteiger partial charge in [0.25, 0.3) is 0 Å². The number of aromatic nitrogens is 2. The van der Waals surface area contributed by atoms with Crippen LogP contribution in [0.15, 0.2) is 24.3 Å². The summed E-state index contributed by atoms with van der Waals surface area (Å²) in [5, 5.41) is 2.92. The maximum atomic E-state index is 12.5. The monoisotopic (exact) mass is 269 g/mol. The number of hydrogen-bond donors (Lipinski definition) is 2. The van der Waals surface area contributed by atoms with Crippen LogP contribution < -0.4 is 5.32 Å². The normalized spacial score (nSPS) is 11.6. The third-order valence-electron chi connectivity index (χ3n) is 2.83. The van der Waals surface area contributed by atoms with Crippen molar-refractivity contribution in [2.75, 3.05) is 5.32 Å². The first-order valence-electron chi connectivity index (χ1n) is 5.79. The Kier molecular flexibility index (Phi) is 3.50. The molecule has 102 valence electrons. The van der Waals surface area contributed by atoms with Crippen LogP contribution in [0.1, 0.15) is 22.8 Å². The zero-order valence-electron chi connectivity index (χ0n) is 10.6. The molecular formula is C13H14F3N3. The summed E-state index contributed by atoms with van der Waals surface area (Å²) in [5.41, 5.74) is 1.60. The first-order valence-corrected chi connectivity index (χ1v) is 5.79. The number of benzene rings is 1. The van der Waals surface area contributed by atoms with Gasteiger partial charge in [-0.3, -0.25) is 0 Å². The summed E-state index contributed by atoms with van der Waals surface area (Å²) in [6, 6.07) is 5.11. The van der Waals surface area contributed by atoms with Crippen molar-refractivity contribution >= 4 is 5.69 Å². The molecule has 6 heteroatoms. The summed E-state index contributed by atoms with van der Waals surface area (Å²) in [4.78, 5) is 7.32. The fraction of sp³-hybridized carbons (Fsp3) is 0.308. The second-order valence-electron chi connectivity index (χ2n) is 4.33. The van der Waals surface area contributed by atoms with Gasteiger partial charge in [-0.25, -0.2) is 4.98 Å². The Hall–Kier alpha value is -1.98.